The van der Waals surface area contributed by atoms with Crippen LogP contribution in [0.3, 0.4) is 0 Å². The number of hydrogen-bond acceptors (Lipinski definition) is 1. The van der Waals surface area contributed by atoms with E-state index in [0.29, 0.717) is 0 Å². The third-order valence-electron chi connectivity index (χ3n) is 8.64. The van der Waals surface area contributed by atoms with E-state index >= 15 is 0 Å². The molecule has 0 atom stereocenters. The summed E-state index contributed by atoms with van der Waals surface area (Å²) in [5.41, 5.74) is 10.7. The number of hydrogen-bond donors (Lipinski definition) is 0. The first-order chi connectivity index (χ1) is 22.4. The predicted octanol–water partition coefficient (Wildman–Crippen LogP) is 12.5. The Balaban J connectivity index is 1.45. The van der Waals surface area contributed by atoms with Gasteiger partial charge in [-0.15, -0.1) is 0 Å². The van der Waals surface area contributed by atoms with Gasteiger partial charge in [0.1, 0.15) is 0 Å². The van der Waals surface area contributed by atoms with Crippen molar-refractivity contribution in [1.82, 2.24) is 0 Å². The lowest BCUT2D eigenvalue weighted by molar-refractivity contribution is 1.29. The van der Waals surface area contributed by atoms with Gasteiger partial charge in [0.15, 0.2) is 0 Å². The molecule has 212 valence electrons. The second-order valence-electron chi connectivity index (χ2n) is 11.3. The van der Waals surface area contributed by atoms with Crippen LogP contribution in [-0.4, -0.2) is 0 Å². The van der Waals surface area contributed by atoms with Crippen molar-refractivity contribution < 1.29 is 0 Å². The molecule has 8 rings (SSSR count). The zero-order valence-corrected chi connectivity index (χ0v) is 24.8. The minimum absolute atomic E-state index is 1.12. The number of benzene rings is 8. The van der Waals surface area contributed by atoms with E-state index in [4.69, 9.17) is 0 Å². The molecule has 45 heavy (non-hydrogen) atoms. The standard InChI is InChI=1S/C44H31N/c1-5-17-32(18-6-1)37-25-15-16-28-42(37)45(35-23-11-4-12-24-35)36-29-30-40-41(31-36)38-26-13-14-27-39(38)43(33-19-7-2-8-20-33)44(40)34-21-9-3-10-22-34/h1-31H. The number of fused-ring (bicyclic) bond motifs is 3. The predicted molar refractivity (Wildman–Crippen MR) is 192 cm³/mol. The number of rotatable bonds is 6. The second-order valence-corrected chi connectivity index (χ2v) is 11.3. The summed E-state index contributed by atoms with van der Waals surface area (Å²) in [7, 11) is 0. The van der Waals surface area contributed by atoms with Crippen molar-refractivity contribution >= 4 is 38.6 Å². The molecule has 0 spiro atoms. The molecule has 0 aliphatic heterocycles. The van der Waals surface area contributed by atoms with E-state index in [2.05, 4.69) is 193 Å². The SMILES string of the molecule is c1ccc(-c2ccccc2N(c2ccccc2)c2ccc3c(-c4ccccc4)c(-c4ccccc4)c4ccccc4c3c2)cc1. The fourth-order valence-electron chi connectivity index (χ4n) is 6.66. The third kappa shape index (κ3) is 4.85. The van der Waals surface area contributed by atoms with Gasteiger partial charge in [-0.3, -0.25) is 0 Å². The lowest BCUT2D eigenvalue weighted by atomic mass is 9.85. The molecule has 1 heteroatoms. The van der Waals surface area contributed by atoms with Gasteiger partial charge >= 0.3 is 0 Å². The van der Waals surface area contributed by atoms with Crippen molar-refractivity contribution in [2.24, 2.45) is 0 Å². The van der Waals surface area contributed by atoms with Crippen LogP contribution >= 0.6 is 0 Å². The smallest absolute Gasteiger partial charge is 0.0540 e. The Labute approximate surface area is 264 Å². The molecule has 0 unspecified atom stereocenters. The maximum absolute atomic E-state index is 2.39. The van der Waals surface area contributed by atoms with Gasteiger partial charge in [0.25, 0.3) is 0 Å². The second kappa shape index (κ2) is 11.6. The topological polar surface area (TPSA) is 3.24 Å². The molecule has 8 aromatic carbocycles. The van der Waals surface area contributed by atoms with Crippen molar-refractivity contribution in [3.63, 3.8) is 0 Å². The van der Waals surface area contributed by atoms with E-state index in [1.54, 1.807) is 0 Å². The molecule has 0 bridgehead atoms. The lowest BCUT2D eigenvalue weighted by Gasteiger charge is -2.28. The Bertz CT molecular complexity index is 2240. The van der Waals surface area contributed by atoms with Crippen LogP contribution in [0.15, 0.2) is 188 Å². The number of nitrogens with zero attached hydrogens (tertiary/aromatic N) is 1. The molecule has 0 aliphatic carbocycles. The highest BCUT2D eigenvalue weighted by Gasteiger charge is 2.21. The van der Waals surface area contributed by atoms with Gasteiger partial charge in [-0.2, -0.15) is 0 Å². The van der Waals surface area contributed by atoms with E-state index in [-0.39, 0.29) is 0 Å². The third-order valence-corrected chi connectivity index (χ3v) is 8.64. The normalized spacial score (nSPS) is 11.1. The van der Waals surface area contributed by atoms with Crippen molar-refractivity contribution in [3.05, 3.63) is 188 Å². The summed E-state index contributed by atoms with van der Waals surface area (Å²) in [5.74, 6) is 0. The summed E-state index contributed by atoms with van der Waals surface area (Å²) < 4.78 is 0. The molecule has 0 amide bonds. The van der Waals surface area contributed by atoms with Crippen LogP contribution in [0.4, 0.5) is 17.1 Å². The van der Waals surface area contributed by atoms with Crippen LogP contribution < -0.4 is 4.90 Å². The summed E-state index contributed by atoms with van der Waals surface area (Å²) in [6.07, 6.45) is 0. The highest BCUT2D eigenvalue weighted by molar-refractivity contribution is 6.22. The summed E-state index contributed by atoms with van der Waals surface area (Å²) >= 11 is 0. The van der Waals surface area contributed by atoms with Gasteiger partial charge in [0, 0.05) is 16.9 Å². The minimum Gasteiger partial charge on any atom is -0.310 e. The molecular weight excluding hydrogens is 542 g/mol. The molecule has 8 aromatic rings. The Morgan fingerprint density at radius 3 is 1.38 bits per heavy atom. The van der Waals surface area contributed by atoms with Gasteiger partial charge < -0.3 is 4.90 Å². The van der Waals surface area contributed by atoms with Gasteiger partial charge in [0.2, 0.25) is 0 Å². The molecule has 0 radical (unpaired) electrons. The summed E-state index contributed by atoms with van der Waals surface area (Å²) in [6, 6.07) is 67.6. The molecule has 0 N–H and O–H groups in total. The van der Waals surface area contributed by atoms with E-state index in [0.717, 1.165) is 17.1 Å². The molecule has 0 aromatic heterocycles. The maximum Gasteiger partial charge on any atom is 0.0540 e. The van der Waals surface area contributed by atoms with Crippen LogP contribution in [0.1, 0.15) is 0 Å². The fraction of sp³-hybridized carbons (Fsp3) is 0. The first-order valence-corrected chi connectivity index (χ1v) is 15.5. The molecule has 0 aliphatic rings. The molecule has 1 nitrogen and oxygen atoms in total. The zero-order chi connectivity index (χ0) is 30.0. The lowest BCUT2D eigenvalue weighted by Crippen LogP contribution is -2.11. The average Bonchev–Trinajstić information content (AvgIpc) is 3.13. The van der Waals surface area contributed by atoms with Gasteiger partial charge in [-0.05, 0) is 79.7 Å². The van der Waals surface area contributed by atoms with E-state index < -0.39 is 0 Å². The fourth-order valence-corrected chi connectivity index (χ4v) is 6.66. The number of para-hydroxylation sites is 2. The van der Waals surface area contributed by atoms with Crippen LogP contribution in [0, 0.1) is 0 Å². The van der Waals surface area contributed by atoms with Crippen molar-refractivity contribution in [3.8, 4) is 33.4 Å². The van der Waals surface area contributed by atoms with Crippen molar-refractivity contribution in [1.29, 1.82) is 0 Å². The highest BCUT2D eigenvalue weighted by Crippen LogP contribution is 2.47. The first-order valence-electron chi connectivity index (χ1n) is 15.5. The van der Waals surface area contributed by atoms with Crippen molar-refractivity contribution in [2.75, 3.05) is 4.90 Å². The first kappa shape index (κ1) is 26.7. The van der Waals surface area contributed by atoms with Gasteiger partial charge in [-0.25, -0.2) is 0 Å². The van der Waals surface area contributed by atoms with E-state index in [9.17, 15) is 0 Å². The van der Waals surface area contributed by atoms with Gasteiger partial charge in [-0.1, -0.05) is 158 Å². The molecule has 0 heterocycles. The summed E-state index contributed by atoms with van der Waals surface area (Å²) in [5, 5.41) is 4.98. The minimum atomic E-state index is 1.12. The van der Waals surface area contributed by atoms with Crippen molar-refractivity contribution in [2.45, 2.75) is 0 Å². The number of anilines is 3. The quantitative estimate of drug-likeness (QED) is 0.179. The Morgan fingerprint density at radius 1 is 0.289 bits per heavy atom. The maximum atomic E-state index is 2.39. The van der Waals surface area contributed by atoms with E-state index in [1.165, 1.54) is 54.9 Å². The zero-order valence-electron chi connectivity index (χ0n) is 24.8. The van der Waals surface area contributed by atoms with Crippen LogP contribution in [0.5, 0.6) is 0 Å². The Hall–Kier alpha value is -5.92. The van der Waals surface area contributed by atoms with Crippen LogP contribution in [-0.2, 0) is 0 Å². The monoisotopic (exact) mass is 573 g/mol. The highest BCUT2D eigenvalue weighted by atomic mass is 15.1. The Morgan fingerprint density at radius 2 is 0.756 bits per heavy atom. The average molecular weight is 574 g/mol. The van der Waals surface area contributed by atoms with E-state index in [1.807, 2.05) is 0 Å². The summed E-state index contributed by atoms with van der Waals surface area (Å²) in [6.45, 7) is 0. The van der Waals surface area contributed by atoms with Crippen LogP contribution in [0.2, 0.25) is 0 Å². The van der Waals surface area contributed by atoms with Gasteiger partial charge in [0.05, 0.1) is 5.69 Å². The molecule has 0 fully saturated rings. The largest absolute Gasteiger partial charge is 0.310 e. The molecule has 0 saturated heterocycles. The van der Waals surface area contributed by atoms with Crippen LogP contribution in [0.25, 0.3) is 54.9 Å². The molecular formula is C44H31N. The Kier molecular flexibility index (Phi) is 6.90. The summed E-state index contributed by atoms with van der Waals surface area (Å²) in [4.78, 5) is 2.39. The molecule has 0 saturated carbocycles.